The van der Waals surface area contributed by atoms with Crippen LogP contribution in [0.4, 0.5) is 13.6 Å². The Morgan fingerprint density at radius 2 is 2.00 bits per heavy atom. The van der Waals surface area contributed by atoms with Gasteiger partial charge in [0, 0.05) is 11.8 Å². The summed E-state index contributed by atoms with van der Waals surface area (Å²) in [5.74, 6) is 0.0182. The van der Waals surface area contributed by atoms with E-state index in [0.29, 0.717) is 5.84 Å². The van der Waals surface area contributed by atoms with E-state index < -0.39 is 12.0 Å². The summed E-state index contributed by atoms with van der Waals surface area (Å²) < 4.78 is 33.6. The summed E-state index contributed by atoms with van der Waals surface area (Å²) in [6.45, 7) is -0.154. The molecule has 0 radical (unpaired) electrons. The maximum absolute atomic E-state index is 14.2. The van der Waals surface area contributed by atoms with Gasteiger partial charge < -0.3 is 15.5 Å². The van der Waals surface area contributed by atoms with Crippen molar-refractivity contribution in [2.75, 3.05) is 6.61 Å². The zero-order valence-electron chi connectivity index (χ0n) is 15.3. The molecule has 2 atom stereocenters. The first kappa shape index (κ1) is 18.8. The highest BCUT2D eigenvalue weighted by molar-refractivity contribution is 6.11. The maximum Gasteiger partial charge on any atom is 0.321 e. The topological polar surface area (TPSA) is 86.8 Å². The molecule has 1 unspecified atom stereocenters. The Balaban J connectivity index is 1.28. The first-order valence-electron chi connectivity index (χ1n) is 9.47. The minimum absolute atomic E-state index is 0.0332. The molecule has 150 valence electrons. The molecule has 2 heterocycles. The van der Waals surface area contributed by atoms with E-state index in [1.165, 1.54) is 18.2 Å². The lowest BCUT2D eigenvalue weighted by Crippen LogP contribution is -2.58. The second kappa shape index (κ2) is 8.24. The number of fused-ring (bicyclic) bond motifs is 1. The lowest BCUT2D eigenvalue weighted by Gasteiger charge is -2.29. The van der Waals surface area contributed by atoms with Crippen molar-refractivity contribution in [3.05, 3.63) is 47.4 Å². The molecule has 3 aliphatic rings. The van der Waals surface area contributed by atoms with Crippen LogP contribution in [0.1, 0.15) is 37.4 Å². The Morgan fingerprint density at radius 1 is 1.21 bits per heavy atom. The van der Waals surface area contributed by atoms with Crippen molar-refractivity contribution in [3.8, 4) is 0 Å². The highest BCUT2D eigenvalue weighted by atomic mass is 19.1. The molecule has 0 bridgehead atoms. The van der Waals surface area contributed by atoms with Gasteiger partial charge in [0.1, 0.15) is 17.8 Å². The van der Waals surface area contributed by atoms with Gasteiger partial charge in [-0.15, -0.1) is 0 Å². The van der Waals surface area contributed by atoms with Crippen LogP contribution in [0.15, 0.2) is 41.0 Å². The molecule has 1 saturated carbocycles. The molecule has 1 saturated heterocycles. The third-order valence-corrected chi connectivity index (χ3v) is 5.22. The van der Waals surface area contributed by atoms with Gasteiger partial charge in [-0.3, -0.25) is 10.3 Å². The summed E-state index contributed by atoms with van der Waals surface area (Å²) in [4.78, 5) is 16.4. The molecule has 0 aromatic heterocycles. The molecule has 4 N–H and O–H groups in total. The molecule has 4 rings (SSSR count). The van der Waals surface area contributed by atoms with Crippen LogP contribution in [-0.4, -0.2) is 36.8 Å². The third-order valence-electron chi connectivity index (χ3n) is 5.22. The lowest BCUT2D eigenvalue weighted by molar-refractivity contribution is -0.00394. The predicted molar refractivity (Wildman–Crippen MR) is 99.5 cm³/mol. The second-order valence-electron chi connectivity index (χ2n) is 7.15. The number of ether oxygens (including phenoxy) is 1. The third kappa shape index (κ3) is 4.15. The van der Waals surface area contributed by atoms with Gasteiger partial charge in [0.05, 0.1) is 24.3 Å². The van der Waals surface area contributed by atoms with Gasteiger partial charge >= 0.3 is 6.03 Å². The van der Waals surface area contributed by atoms with E-state index in [1.807, 2.05) is 0 Å². The monoisotopic (exact) mass is 391 g/mol. The summed E-state index contributed by atoms with van der Waals surface area (Å²) in [5.41, 5.74) is 6.70. The number of hydrogen-bond donors (Lipinski definition) is 4. The molecule has 1 aliphatic carbocycles. The lowest BCUT2D eigenvalue weighted by atomic mass is 9.93. The van der Waals surface area contributed by atoms with E-state index in [1.54, 1.807) is 12.3 Å². The largest absolute Gasteiger partial charge is 0.375 e. The zero-order chi connectivity index (χ0) is 19.5. The number of rotatable bonds is 5. The molecule has 2 amide bonds. The average Bonchev–Trinajstić information content (AvgIpc) is 3.16. The molecule has 9 heteroatoms. The Labute approximate surface area is 161 Å². The number of halogens is 2. The van der Waals surface area contributed by atoms with Gasteiger partial charge in [0.2, 0.25) is 0 Å². The van der Waals surface area contributed by atoms with Gasteiger partial charge in [-0.05, 0) is 31.7 Å². The quantitative estimate of drug-likeness (QED) is 0.620. The van der Waals surface area contributed by atoms with Gasteiger partial charge in [0.25, 0.3) is 0 Å². The first-order valence-corrected chi connectivity index (χ1v) is 9.47. The highest BCUT2D eigenvalue weighted by Gasteiger charge is 2.32. The summed E-state index contributed by atoms with van der Waals surface area (Å²) in [5, 5.41) is 5.49. The SMILES string of the molecule is O=C1NC(=NC2CCC(OC[C@H](F)c3ccccc3F)CC2)C2=CNNC2N1. The Hall–Kier alpha value is -2.52. The first-order chi connectivity index (χ1) is 13.6. The van der Waals surface area contributed by atoms with Crippen molar-refractivity contribution < 1.29 is 18.3 Å². The molecule has 0 spiro atoms. The van der Waals surface area contributed by atoms with Gasteiger partial charge in [-0.25, -0.2) is 19.0 Å². The number of amides is 2. The minimum Gasteiger partial charge on any atom is -0.375 e. The fourth-order valence-electron chi connectivity index (χ4n) is 3.70. The molecule has 2 aliphatic heterocycles. The number of nitrogens with one attached hydrogen (secondary N) is 4. The van der Waals surface area contributed by atoms with Gasteiger partial charge in [-0.2, -0.15) is 0 Å². The molecular weight excluding hydrogens is 368 g/mol. The Kier molecular flexibility index (Phi) is 5.54. The highest BCUT2D eigenvalue weighted by Crippen LogP contribution is 2.27. The second-order valence-corrected chi connectivity index (χ2v) is 7.15. The van der Waals surface area contributed by atoms with Crippen LogP contribution in [0, 0.1) is 5.82 Å². The van der Waals surface area contributed by atoms with Crippen molar-refractivity contribution in [3.63, 3.8) is 0 Å². The fourth-order valence-corrected chi connectivity index (χ4v) is 3.70. The molecule has 1 aromatic rings. The van der Waals surface area contributed by atoms with Crippen LogP contribution in [0.3, 0.4) is 0 Å². The summed E-state index contributed by atoms with van der Waals surface area (Å²) in [6, 6.07) is 5.62. The van der Waals surface area contributed by atoms with Crippen LogP contribution in [0.5, 0.6) is 0 Å². The standard InChI is InChI=1S/C19H23F2N5O2/c20-15-4-2-1-3-13(15)16(21)10-28-12-7-5-11(6-8-12)23-17-14-9-22-26-18(14)25-19(27)24-17/h1-4,9,11-12,16,18,22,26H,5-8,10H2,(H2,23,24,25,27)/t11?,12?,16-,18?/m0/s1. The average molecular weight is 391 g/mol. The number of nitrogens with zero attached hydrogens (tertiary/aromatic N) is 1. The van der Waals surface area contributed by atoms with E-state index in [0.717, 1.165) is 31.3 Å². The Bertz CT molecular complexity index is 792. The van der Waals surface area contributed by atoms with E-state index in [4.69, 9.17) is 9.73 Å². The maximum atomic E-state index is 14.2. The minimum atomic E-state index is -1.48. The number of carbonyl (C=O) groups is 1. The number of amidine groups is 1. The number of alkyl halides is 1. The molecule has 28 heavy (non-hydrogen) atoms. The molecule has 7 nitrogen and oxygen atoms in total. The van der Waals surface area contributed by atoms with Crippen molar-refractivity contribution in [1.82, 2.24) is 21.5 Å². The van der Waals surface area contributed by atoms with E-state index >= 15 is 0 Å². The van der Waals surface area contributed by atoms with Crippen molar-refractivity contribution in [2.45, 2.75) is 50.2 Å². The summed E-state index contributed by atoms with van der Waals surface area (Å²) in [7, 11) is 0. The van der Waals surface area contributed by atoms with Crippen molar-refractivity contribution in [1.29, 1.82) is 0 Å². The smallest absolute Gasteiger partial charge is 0.321 e. The number of carbonyl (C=O) groups excluding carboxylic acids is 1. The number of hydrogen-bond acceptors (Lipinski definition) is 5. The van der Waals surface area contributed by atoms with Gasteiger partial charge in [-0.1, -0.05) is 18.2 Å². The van der Waals surface area contributed by atoms with Crippen molar-refractivity contribution >= 4 is 11.9 Å². The van der Waals surface area contributed by atoms with Crippen molar-refractivity contribution in [2.24, 2.45) is 4.99 Å². The summed E-state index contributed by atoms with van der Waals surface area (Å²) >= 11 is 0. The van der Waals surface area contributed by atoms with Crippen LogP contribution >= 0.6 is 0 Å². The normalized spacial score (nSPS) is 29.4. The van der Waals surface area contributed by atoms with Crippen LogP contribution in [0.2, 0.25) is 0 Å². The number of aliphatic imine (C=N–C) groups is 1. The molecule has 1 aromatic carbocycles. The number of benzene rings is 1. The molecular formula is C19H23F2N5O2. The number of hydrazine groups is 1. The van der Waals surface area contributed by atoms with Crippen LogP contribution < -0.4 is 21.5 Å². The Morgan fingerprint density at radius 3 is 2.79 bits per heavy atom. The molecule has 2 fully saturated rings. The summed E-state index contributed by atoms with van der Waals surface area (Å²) in [6.07, 6.45) is 3.01. The predicted octanol–water partition coefficient (Wildman–Crippen LogP) is 2.19. The zero-order valence-corrected chi connectivity index (χ0v) is 15.3. The fraction of sp³-hybridized carbons (Fsp3) is 0.474. The van der Waals surface area contributed by atoms with Gasteiger partial charge in [0.15, 0.2) is 6.17 Å². The van der Waals surface area contributed by atoms with Crippen LogP contribution in [-0.2, 0) is 4.74 Å². The van der Waals surface area contributed by atoms with E-state index in [2.05, 4.69) is 21.5 Å². The van der Waals surface area contributed by atoms with E-state index in [-0.39, 0.29) is 36.5 Å². The number of urea groups is 1. The van der Waals surface area contributed by atoms with E-state index in [9.17, 15) is 13.6 Å². The van der Waals surface area contributed by atoms with Crippen LogP contribution in [0.25, 0.3) is 0 Å².